The first-order chi connectivity index (χ1) is 12.4. The maximum Gasteiger partial charge on any atom is 0.0267 e. The second kappa shape index (κ2) is 12.6. The zero-order valence-electron chi connectivity index (χ0n) is 15.6. The Kier molecular flexibility index (Phi) is 9.90. The van der Waals surface area contributed by atoms with Crippen molar-refractivity contribution in [3.05, 3.63) is 66.5 Å². The van der Waals surface area contributed by atoms with E-state index in [1.165, 1.54) is 57.3 Å². The van der Waals surface area contributed by atoms with E-state index in [0.29, 0.717) is 0 Å². The Morgan fingerprint density at radius 2 is 1.56 bits per heavy atom. The molecule has 1 aromatic heterocycles. The minimum Gasteiger partial charge on any atom is -0.316 e. The summed E-state index contributed by atoms with van der Waals surface area (Å²) in [7, 11) is 2.19. The molecular formula is C22H33N3. The topological polar surface area (TPSA) is 28.2 Å². The van der Waals surface area contributed by atoms with Crippen molar-refractivity contribution < 1.29 is 0 Å². The van der Waals surface area contributed by atoms with Crippen LogP contribution in [0.1, 0.15) is 43.6 Å². The zero-order valence-corrected chi connectivity index (χ0v) is 15.6. The summed E-state index contributed by atoms with van der Waals surface area (Å²) < 4.78 is 0. The molecule has 25 heavy (non-hydrogen) atoms. The Morgan fingerprint density at radius 3 is 2.00 bits per heavy atom. The van der Waals surface area contributed by atoms with E-state index in [1.54, 1.807) is 12.4 Å². The van der Waals surface area contributed by atoms with Crippen molar-refractivity contribution in [3.8, 4) is 0 Å². The quantitative estimate of drug-likeness (QED) is 0.838. The minimum atomic E-state index is 0.750. The predicted octanol–water partition coefficient (Wildman–Crippen LogP) is 4.34. The molecular weight excluding hydrogens is 306 g/mol. The van der Waals surface area contributed by atoms with Crippen molar-refractivity contribution in [2.45, 2.75) is 38.0 Å². The van der Waals surface area contributed by atoms with Crippen molar-refractivity contribution >= 4 is 0 Å². The number of likely N-dealkylation sites (tertiary alicyclic amines) is 1. The molecule has 2 fully saturated rings. The van der Waals surface area contributed by atoms with Gasteiger partial charge in [-0.2, -0.15) is 0 Å². The van der Waals surface area contributed by atoms with Gasteiger partial charge in [-0.3, -0.25) is 4.98 Å². The Bertz CT molecular complexity index is 491. The van der Waals surface area contributed by atoms with Gasteiger partial charge < -0.3 is 10.2 Å². The minimum absolute atomic E-state index is 0.750. The lowest BCUT2D eigenvalue weighted by molar-refractivity contribution is 0.277. The zero-order chi connectivity index (χ0) is 17.6. The van der Waals surface area contributed by atoms with Crippen LogP contribution < -0.4 is 5.32 Å². The van der Waals surface area contributed by atoms with Gasteiger partial charge in [-0.15, -0.1) is 0 Å². The highest BCUT2D eigenvalue weighted by atomic mass is 15.1. The third kappa shape index (κ3) is 8.80. The van der Waals surface area contributed by atoms with Gasteiger partial charge in [-0.1, -0.05) is 42.8 Å². The van der Waals surface area contributed by atoms with Crippen LogP contribution in [0.25, 0.3) is 0 Å². The summed E-state index contributed by atoms with van der Waals surface area (Å²) in [4.78, 5) is 6.18. The van der Waals surface area contributed by atoms with Crippen LogP contribution in [0.2, 0.25) is 0 Å². The highest BCUT2D eigenvalue weighted by Crippen LogP contribution is 2.22. The Balaban J connectivity index is 0.000000148. The highest BCUT2D eigenvalue weighted by Gasteiger charge is 2.13. The number of nitrogens with zero attached hydrogens (tertiary/aromatic N) is 2. The van der Waals surface area contributed by atoms with Crippen molar-refractivity contribution in [2.75, 3.05) is 33.2 Å². The van der Waals surface area contributed by atoms with E-state index >= 15 is 0 Å². The summed E-state index contributed by atoms with van der Waals surface area (Å²) in [5, 5.41) is 3.43. The number of aromatic nitrogens is 1. The van der Waals surface area contributed by atoms with Crippen molar-refractivity contribution in [2.24, 2.45) is 0 Å². The molecule has 136 valence electrons. The maximum atomic E-state index is 3.78. The van der Waals surface area contributed by atoms with Crippen LogP contribution in [0.15, 0.2) is 60.9 Å². The second-order valence-electron chi connectivity index (χ2n) is 6.84. The first-order valence-electron chi connectivity index (χ1n) is 9.65. The van der Waals surface area contributed by atoms with Gasteiger partial charge in [-0.05, 0) is 76.0 Å². The lowest BCUT2D eigenvalue weighted by atomic mass is 9.92. The van der Waals surface area contributed by atoms with Gasteiger partial charge >= 0.3 is 0 Å². The van der Waals surface area contributed by atoms with Crippen molar-refractivity contribution in [3.63, 3.8) is 0 Å². The number of hydrogen-bond acceptors (Lipinski definition) is 3. The lowest BCUT2D eigenvalue weighted by Crippen LogP contribution is -2.28. The Labute approximate surface area is 153 Å². The number of hydrogen-bond donors (Lipinski definition) is 1. The van der Waals surface area contributed by atoms with Gasteiger partial charge in [0, 0.05) is 18.9 Å². The third-order valence-electron chi connectivity index (χ3n) is 4.71. The predicted molar refractivity (Wildman–Crippen MR) is 107 cm³/mol. The summed E-state index contributed by atoms with van der Waals surface area (Å²) in [5.41, 5.74) is 1.49. The van der Waals surface area contributed by atoms with Gasteiger partial charge in [0.05, 0.1) is 0 Å². The third-order valence-corrected chi connectivity index (χ3v) is 4.71. The summed E-state index contributed by atoms with van der Waals surface area (Å²) in [6.45, 7) is 4.99. The number of rotatable bonds is 1. The van der Waals surface area contributed by atoms with E-state index in [9.17, 15) is 0 Å². The van der Waals surface area contributed by atoms with E-state index in [0.717, 1.165) is 12.5 Å². The molecule has 1 aromatic carbocycles. The number of benzene rings is 1. The molecule has 3 heterocycles. The normalized spacial score (nSPS) is 20.4. The molecule has 0 spiro atoms. The second-order valence-corrected chi connectivity index (χ2v) is 6.84. The molecule has 0 amide bonds. The van der Waals surface area contributed by atoms with Gasteiger partial charge in [0.2, 0.25) is 0 Å². The lowest BCUT2D eigenvalue weighted by Gasteiger charge is -2.22. The van der Waals surface area contributed by atoms with Gasteiger partial charge in [0.1, 0.15) is 0 Å². The van der Waals surface area contributed by atoms with E-state index in [1.807, 2.05) is 18.2 Å². The molecule has 4 rings (SSSR count). The van der Waals surface area contributed by atoms with E-state index in [4.69, 9.17) is 0 Å². The number of piperidine rings is 2. The van der Waals surface area contributed by atoms with Crippen molar-refractivity contribution in [1.29, 1.82) is 0 Å². The van der Waals surface area contributed by atoms with Crippen LogP contribution in [-0.2, 0) is 0 Å². The molecule has 2 aromatic rings. The average Bonchev–Trinajstić information content (AvgIpc) is 2.72. The average molecular weight is 340 g/mol. The molecule has 0 bridgehead atoms. The smallest absolute Gasteiger partial charge is 0.0267 e. The molecule has 0 radical (unpaired) electrons. The first-order valence-corrected chi connectivity index (χ1v) is 9.65. The van der Waals surface area contributed by atoms with Crippen LogP contribution in [0.3, 0.4) is 0 Å². The van der Waals surface area contributed by atoms with Gasteiger partial charge in [-0.25, -0.2) is 0 Å². The molecule has 0 aliphatic carbocycles. The SMILES string of the molecule is CN1CCCCC1.c1ccc(C2CCCNC2)cc1.c1ccncc1. The van der Waals surface area contributed by atoms with Gasteiger partial charge in [0.15, 0.2) is 0 Å². The number of pyridine rings is 1. The molecule has 3 heteroatoms. The summed E-state index contributed by atoms with van der Waals surface area (Å²) in [6, 6.07) is 16.5. The highest BCUT2D eigenvalue weighted by molar-refractivity contribution is 5.20. The van der Waals surface area contributed by atoms with Crippen LogP contribution >= 0.6 is 0 Å². The van der Waals surface area contributed by atoms with Crippen molar-refractivity contribution in [1.82, 2.24) is 15.2 Å². The Morgan fingerprint density at radius 1 is 0.880 bits per heavy atom. The van der Waals surface area contributed by atoms with Crippen LogP contribution in [0.5, 0.6) is 0 Å². The molecule has 2 aliphatic rings. The fraction of sp³-hybridized carbons (Fsp3) is 0.500. The molecule has 2 aliphatic heterocycles. The summed E-state index contributed by atoms with van der Waals surface area (Å²) in [6.07, 6.45) is 10.4. The fourth-order valence-corrected chi connectivity index (χ4v) is 3.23. The van der Waals surface area contributed by atoms with Crippen LogP contribution in [-0.4, -0.2) is 43.1 Å². The summed E-state index contributed by atoms with van der Waals surface area (Å²) >= 11 is 0. The largest absolute Gasteiger partial charge is 0.316 e. The van der Waals surface area contributed by atoms with Gasteiger partial charge in [0.25, 0.3) is 0 Å². The first kappa shape index (κ1) is 19.6. The molecule has 1 unspecified atom stereocenters. The van der Waals surface area contributed by atoms with Crippen LogP contribution in [0.4, 0.5) is 0 Å². The van der Waals surface area contributed by atoms with E-state index in [-0.39, 0.29) is 0 Å². The maximum absolute atomic E-state index is 3.78. The molecule has 2 saturated heterocycles. The standard InChI is InChI=1S/C11H15N.C6H13N.C5H5N/c1-2-5-10(6-3-1)11-7-4-8-12-9-11;1-7-5-3-2-4-6-7;1-2-4-6-5-3-1/h1-3,5-6,11-12H,4,7-9H2;2-6H2,1H3;1-5H. The molecule has 1 atom stereocenters. The van der Waals surface area contributed by atoms with E-state index in [2.05, 4.69) is 52.6 Å². The summed E-state index contributed by atoms with van der Waals surface area (Å²) in [5.74, 6) is 0.750. The fourth-order valence-electron chi connectivity index (χ4n) is 3.23. The molecule has 1 N–H and O–H groups in total. The number of nitrogens with one attached hydrogen (secondary N) is 1. The Hall–Kier alpha value is -1.71. The van der Waals surface area contributed by atoms with Crippen LogP contribution in [0, 0.1) is 0 Å². The molecule has 3 nitrogen and oxygen atoms in total. The molecule has 0 saturated carbocycles. The monoisotopic (exact) mass is 339 g/mol. The van der Waals surface area contributed by atoms with E-state index < -0.39 is 0 Å².